The second kappa shape index (κ2) is 6.74. The molecule has 0 aliphatic rings. The van der Waals surface area contributed by atoms with Crippen LogP contribution in [-0.2, 0) is 0 Å². The Morgan fingerprint density at radius 2 is 1.22 bits per heavy atom. The lowest BCUT2D eigenvalue weighted by Crippen LogP contribution is -1.86. The zero-order chi connectivity index (χ0) is 18.1. The predicted molar refractivity (Wildman–Crippen MR) is 112 cm³/mol. The molecule has 0 amide bonds. The van der Waals surface area contributed by atoms with Crippen molar-refractivity contribution in [3.63, 3.8) is 0 Å². The highest BCUT2D eigenvalue weighted by atomic mass is 32.1. The number of para-hydroxylation sites is 1. The summed E-state index contributed by atoms with van der Waals surface area (Å²) < 4.78 is 1.20. The molecule has 27 heavy (non-hydrogen) atoms. The molecule has 2 aromatic carbocycles. The molecular weight excluding hydrogens is 350 g/mol. The Hall–Kier alpha value is -3.37. The molecule has 4 heteroatoms. The summed E-state index contributed by atoms with van der Waals surface area (Å²) in [5.74, 6) is 0. The molecule has 0 aliphatic carbocycles. The van der Waals surface area contributed by atoms with Crippen molar-refractivity contribution in [2.45, 2.75) is 0 Å². The fraction of sp³-hybridized carbons (Fsp3) is 0. The summed E-state index contributed by atoms with van der Waals surface area (Å²) in [6, 6.07) is 22.9. The van der Waals surface area contributed by atoms with Gasteiger partial charge in [0.05, 0.1) is 10.2 Å². The van der Waals surface area contributed by atoms with E-state index in [2.05, 4.69) is 58.5 Å². The van der Waals surface area contributed by atoms with Crippen molar-refractivity contribution >= 4 is 21.6 Å². The first-order valence-electron chi connectivity index (χ1n) is 8.69. The third-order valence-corrected chi connectivity index (χ3v) is 5.55. The van der Waals surface area contributed by atoms with E-state index < -0.39 is 0 Å². The molecule has 0 bridgehead atoms. The number of pyridine rings is 2. The number of nitrogens with zero attached hydrogens (tertiary/aromatic N) is 3. The van der Waals surface area contributed by atoms with Crippen LogP contribution in [0.3, 0.4) is 0 Å². The zero-order valence-electron chi connectivity index (χ0n) is 14.4. The first-order valence-corrected chi connectivity index (χ1v) is 9.50. The van der Waals surface area contributed by atoms with Crippen LogP contribution in [0.25, 0.3) is 43.0 Å². The van der Waals surface area contributed by atoms with Crippen LogP contribution in [0.4, 0.5) is 0 Å². The molecule has 0 fully saturated rings. The van der Waals surface area contributed by atoms with Crippen molar-refractivity contribution in [3.05, 3.63) is 91.5 Å². The summed E-state index contributed by atoms with van der Waals surface area (Å²) in [6.07, 6.45) is 7.38. The van der Waals surface area contributed by atoms with Crippen molar-refractivity contribution in [2.24, 2.45) is 0 Å². The molecule has 0 aliphatic heterocycles. The highest BCUT2D eigenvalue weighted by molar-refractivity contribution is 7.21. The molecule has 5 aromatic rings. The maximum atomic E-state index is 4.84. The van der Waals surface area contributed by atoms with Crippen LogP contribution in [0.5, 0.6) is 0 Å². The molecule has 0 saturated carbocycles. The van der Waals surface area contributed by atoms with Crippen LogP contribution in [0.1, 0.15) is 0 Å². The number of benzene rings is 2. The van der Waals surface area contributed by atoms with Gasteiger partial charge in [0, 0.05) is 41.5 Å². The number of thiazole rings is 1. The summed E-state index contributed by atoms with van der Waals surface area (Å²) in [7, 11) is 0. The maximum Gasteiger partial charge on any atom is 0.124 e. The van der Waals surface area contributed by atoms with Crippen molar-refractivity contribution in [1.82, 2.24) is 15.0 Å². The first kappa shape index (κ1) is 15.9. The Kier molecular flexibility index (Phi) is 3.96. The van der Waals surface area contributed by atoms with Gasteiger partial charge in [0.25, 0.3) is 0 Å². The molecule has 3 aromatic heterocycles. The Morgan fingerprint density at radius 1 is 0.593 bits per heavy atom. The van der Waals surface area contributed by atoms with Crippen LogP contribution in [-0.4, -0.2) is 15.0 Å². The number of aromatic nitrogens is 3. The van der Waals surface area contributed by atoms with E-state index in [4.69, 9.17) is 4.98 Å². The number of hydrogen-bond donors (Lipinski definition) is 0. The lowest BCUT2D eigenvalue weighted by Gasteiger charge is -2.09. The van der Waals surface area contributed by atoms with E-state index in [0.717, 1.165) is 38.3 Å². The number of rotatable bonds is 3. The topological polar surface area (TPSA) is 38.7 Å². The van der Waals surface area contributed by atoms with Gasteiger partial charge in [-0.25, -0.2) is 4.98 Å². The van der Waals surface area contributed by atoms with E-state index in [9.17, 15) is 0 Å². The Bertz CT molecular complexity index is 1120. The second-order valence-electron chi connectivity index (χ2n) is 6.27. The van der Waals surface area contributed by atoms with Crippen molar-refractivity contribution < 1.29 is 0 Å². The molecule has 3 nitrogen and oxygen atoms in total. The summed E-state index contributed by atoms with van der Waals surface area (Å²) in [4.78, 5) is 13.4. The Balaban J connectivity index is 1.72. The summed E-state index contributed by atoms with van der Waals surface area (Å²) in [6.45, 7) is 0. The van der Waals surface area contributed by atoms with Crippen LogP contribution in [0, 0.1) is 0 Å². The molecule has 0 unspecified atom stereocenters. The van der Waals surface area contributed by atoms with Crippen LogP contribution >= 0.6 is 11.3 Å². The first-order chi connectivity index (χ1) is 13.4. The van der Waals surface area contributed by atoms with Crippen LogP contribution in [0.2, 0.25) is 0 Å². The third kappa shape index (κ3) is 3.11. The van der Waals surface area contributed by atoms with Gasteiger partial charge in [0.15, 0.2) is 0 Å². The van der Waals surface area contributed by atoms with E-state index in [0.29, 0.717) is 0 Å². The smallest absolute Gasteiger partial charge is 0.124 e. The highest BCUT2D eigenvalue weighted by Crippen LogP contribution is 2.35. The lowest BCUT2D eigenvalue weighted by molar-refractivity contribution is 1.32. The van der Waals surface area contributed by atoms with E-state index in [1.165, 1.54) is 4.70 Å². The van der Waals surface area contributed by atoms with Gasteiger partial charge >= 0.3 is 0 Å². The fourth-order valence-electron chi connectivity index (χ4n) is 3.15. The highest BCUT2D eigenvalue weighted by Gasteiger charge is 2.11. The summed E-state index contributed by atoms with van der Waals surface area (Å²) in [5.41, 5.74) is 6.57. The number of fused-ring (bicyclic) bond motifs is 1. The molecule has 5 rings (SSSR count). The van der Waals surface area contributed by atoms with Gasteiger partial charge < -0.3 is 0 Å². The van der Waals surface area contributed by atoms with Gasteiger partial charge in [-0.3, -0.25) is 9.97 Å². The van der Waals surface area contributed by atoms with Crippen molar-refractivity contribution in [3.8, 4) is 32.8 Å². The van der Waals surface area contributed by atoms with Crippen LogP contribution in [0.15, 0.2) is 91.5 Å². The average molecular weight is 365 g/mol. The second-order valence-corrected chi connectivity index (χ2v) is 7.30. The lowest BCUT2D eigenvalue weighted by atomic mass is 9.98. The molecular formula is C23H15N3S. The van der Waals surface area contributed by atoms with Gasteiger partial charge in [-0.1, -0.05) is 24.3 Å². The third-order valence-electron chi connectivity index (χ3n) is 4.46. The molecule has 128 valence electrons. The van der Waals surface area contributed by atoms with E-state index in [1.54, 1.807) is 23.7 Å². The van der Waals surface area contributed by atoms with Gasteiger partial charge in [-0.2, -0.15) is 0 Å². The minimum Gasteiger partial charge on any atom is -0.264 e. The Labute approximate surface area is 161 Å². The largest absolute Gasteiger partial charge is 0.264 e. The van der Waals surface area contributed by atoms with Gasteiger partial charge in [-0.05, 0) is 53.6 Å². The van der Waals surface area contributed by atoms with E-state index in [-0.39, 0.29) is 0 Å². The minimum atomic E-state index is 1.02. The van der Waals surface area contributed by atoms with E-state index >= 15 is 0 Å². The number of hydrogen-bond acceptors (Lipinski definition) is 4. The van der Waals surface area contributed by atoms with Gasteiger partial charge in [0.2, 0.25) is 0 Å². The minimum absolute atomic E-state index is 1.02. The van der Waals surface area contributed by atoms with E-state index in [1.807, 2.05) is 30.6 Å². The normalized spacial score (nSPS) is 11.0. The Morgan fingerprint density at radius 3 is 1.81 bits per heavy atom. The zero-order valence-corrected chi connectivity index (χ0v) is 15.2. The average Bonchev–Trinajstić information content (AvgIpc) is 3.19. The SMILES string of the molecule is c1cncc(-c2cc(-c3cccnc3)cc(-c3nc4ccccc4s3)c2)c1. The van der Waals surface area contributed by atoms with Crippen LogP contribution < -0.4 is 0 Å². The fourth-order valence-corrected chi connectivity index (χ4v) is 4.10. The maximum absolute atomic E-state index is 4.84. The standard InChI is InChI=1S/C23H15N3S/c1-2-8-22-21(7-1)26-23(27-22)20-12-18(16-5-3-9-24-14-16)11-19(13-20)17-6-4-10-25-15-17/h1-15H. The van der Waals surface area contributed by atoms with Gasteiger partial charge in [-0.15, -0.1) is 11.3 Å². The van der Waals surface area contributed by atoms with Gasteiger partial charge in [0.1, 0.15) is 5.01 Å². The molecule has 0 saturated heterocycles. The van der Waals surface area contributed by atoms with Crippen molar-refractivity contribution in [1.29, 1.82) is 0 Å². The quantitative estimate of drug-likeness (QED) is 0.388. The van der Waals surface area contributed by atoms with Crippen molar-refractivity contribution in [2.75, 3.05) is 0 Å². The molecule has 0 radical (unpaired) electrons. The predicted octanol–water partition coefficient (Wildman–Crippen LogP) is 6.09. The summed E-state index contributed by atoms with van der Waals surface area (Å²) in [5, 5.41) is 1.02. The summed E-state index contributed by atoms with van der Waals surface area (Å²) >= 11 is 1.72. The molecule has 0 atom stereocenters. The monoisotopic (exact) mass is 365 g/mol. The molecule has 0 spiro atoms. The molecule has 3 heterocycles. The molecule has 0 N–H and O–H groups in total.